The van der Waals surface area contributed by atoms with Crippen molar-refractivity contribution in [1.29, 1.82) is 0 Å². The van der Waals surface area contributed by atoms with E-state index in [1.54, 1.807) is 4.68 Å². The first-order valence-electron chi connectivity index (χ1n) is 9.77. The highest BCUT2D eigenvalue weighted by Gasteiger charge is 2.24. The third kappa shape index (κ3) is 3.99. The third-order valence-electron chi connectivity index (χ3n) is 5.35. The number of hydrogen-bond donors (Lipinski definition) is 0. The predicted octanol–water partition coefficient (Wildman–Crippen LogP) is 3.35. The highest BCUT2D eigenvalue weighted by Crippen LogP contribution is 2.21. The quantitative estimate of drug-likeness (QED) is 0.703. The Morgan fingerprint density at radius 3 is 2.32 bits per heavy atom. The second-order valence-electron chi connectivity index (χ2n) is 7.46. The minimum atomic E-state index is 0.0216. The Kier molecular flexibility index (Phi) is 5.26. The Bertz CT molecular complexity index is 938. The molecule has 0 saturated carbocycles. The SMILES string of the molecule is Cc1ccc(-c2cc(C(=O)N3CCN(Cc4ccccc4)CC3)nn2C)cc1. The highest BCUT2D eigenvalue weighted by atomic mass is 16.2. The van der Waals surface area contributed by atoms with Crippen molar-refractivity contribution in [3.05, 3.63) is 77.5 Å². The number of rotatable bonds is 4. The Morgan fingerprint density at radius 1 is 0.964 bits per heavy atom. The molecule has 4 rings (SSSR count). The first kappa shape index (κ1) is 18.4. The number of aromatic nitrogens is 2. The molecule has 0 radical (unpaired) electrons. The molecule has 1 amide bonds. The zero-order valence-corrected chi connectivity index (χ0v) is 16.5. The summed E-state index contributed by atoms with van der Waals surface area (Å²) in [6.07, 6.45) is 0. The van der Waals surface area contributed by atoms with Crippen molar-refractivity contribution in [2.75, 3.05) is 26.2 Å². The number of benzene rings is 2. The number of aryl methyl sites for hydroxylation is 2. The number of nitrogens with zero attached hydrogens (tertiary/aromatic N) is 4. The first-order valence-corrected chi connectivity index (χ1v) is 9.77. The van der Waals surface area contributed by atoms with Gasteiger partial charge in [-0.1, -0.05) is 60.2 Å². The van der Waals surface area contributed by atoms with Gasteiger partial charge in [0.25, 0.3) is 5.91 Å². The van der Waals surface area contributed by atoms with Crippen molar-refractivity contribution in [3.8, 4) is 11.3 Å². The minimum absolute atomic E-state index is 0.0216. The third-order valence-corrected chi connectivity index (χ3v) is 5.35. The Balaban J connectivity index is 1.40. The van der Waals surface area contributed by atoms with Gasteiger partial charge in [0, 0.05) is 39.8 Å². The van der Waals surface area contributed by atoms with Gasteiger partial charge in [-0.05, 0) is 24.1 Å². The molecule has 3 aromatic rings. The number of piperazine rings is 1. The molecule has 0 aliphatic carbocycles. The molecule has 0 atom stereocenters. The van der Waals surface area contributed by atoms with Crippen LogP contribution in [0.4, 0.5) is 0 Å². The maximum atomic E-state index is 12.9. The molecular weight excluding hydrogens is 348 g/mol. The van der Waals surface area contributed by atoms with E-state index in [0.29, 0.717) is 5.69 Å². The van der Waals surface area contributed by atoms with Crippen LogP contribution >= 0.6 is 0 Å². The van der Waals surface area contributed by atoms with Crippen LogP contribution in [-0.2, 0) is 13.6 Å². The van der Waals surface area contributed by atoms with E-state index in [1.165, 1.54) is 11.1 Å². The summed E-state index contributed by atoms with van der Waals surface area (Å²) in [5, 5.41) is 4.48. The van der Waals surface area contributed by atoms with Crippen LogP contribution in [0.15, 0.2) is 60.7 Å². The lowest BCUT2D eigenvalue weighted by atomic mass is 10.1. The van der Waals surface area contributed by atoms with Crippen LogP contribution in [0.1, 0.15) is 21.6 Å². The van der Waals surface area contributed by atoms with Crippen LogP contribution in [0.25, 0.3) is 11.3 Å². The van der Waals surface area contributed by atoms with Crippen LogP contribution in [0.3, 0.4) is 0 Å². The predicted molar refractivity (Wildman–Crippen MR) is 111 cm³/mol. The summed E-state index contributed by atoms with van der Waals surface area (Å²) < 4.78 is 1.80. The van der Waals surface area contributed by atoms with Gasteiger partial charge in [-0.3, -0.25) is 14.4 Å². The van der Waals surface area contributed by atoms with Gasteiger partial charge in [-0.2, -0.15) is 5.10 Å². The van der Waals surface area contributed by atoms with Crippen molar-refractivity contribution >= 4 is 5.91 Å². The van der Waals surface area contributed by atoms with Crippen LogP contribution in [0, 0.1) is 6.92 Å². The van der Waals surface area contributed by atoms with E-state index in [1.807, 2.05) is 24.1 Å². The van der Waals surface area contributed by atoms with E-state index in [0.717, 1.165) is 44.0 Å². The van der Waals surface area contributed by atoms with Crippen molar-refractivity contribution in [1.82, 2.24) is 19.6 Å². The fraction of sp³-hybridized carbons (Fsp3) is 0.304. The van der Waals surface area contributed by atoms with Crippen LogP contribution in [-0.4, -0.2) is 51.7 Å². The van der Waals surface area contributed by atoms with E-state index in [-0.39, 0.29) is 5.91 Å². The minimum Gasteiger partial charge on any atom is -0.335 e. The second kappa shape index (κ2) is 7.98. The fourth-order valence-electron chi connectivity index (χ4n) is 3.68. The molecule has 28 heavy (non-hydrogen) atoms. The second-order valence-corrected chi connectivity index (χ2v) is 7.46. The van der Waals surface area contributed by atoms with Crippen molar-refractivity contribution in [2.45, 2.75) is 13.5 Å². The van der Waals surface area contributed by atoms with Gasteiger partial charge in [0.1, 0.15) is 0 Å². The zero-order valence-electron chi connectivity index (χ0n) is 16.5. The summed E-state index contributed by atoms with van der Waals surface area (Å²) in [5.41, 5.74) is 5.10. The largest absolute Gasteiger partial charge is 0.335 e. The number of carbonyl (C=O) groups is 1. The molecule has 1 aliphatic rings. The lowest BCUT2D eigenvalue weighted by Crippen LogP contribution is -2.48. The van der Waals surface area contributed by atoms with E-state index in [9.17, 15) is 4.79 Å². The Labute approximate surface area is 166 Å². The summed E-state index contributed by atoms with van der Waals surface area (Å²) in [7, 11) is 1.89. The van der Waals surface area contributed by atoms with Crippen molar-refractivity contribution in [3.63, 3.8) is 0 Å². The lowest BCUT2D eigenvalue weighted by Gasteiger charge is -2.34. The van der Waals surface area contributed by atoms with E-state index in [2.05, 4.69) is 65.5 Å². The normalized spacial score (nSPS) is 15.0. The number of amides is 1. The molecule has 2 aromatic carbocycles. The van der Waals surface area contributed by atoms with Gasteiger partial charge < -0.3 is 4.90 Å². The molecule has 5 heteroatoms. The molecule has 5 nitrogen and oxygen atoms in total. The molecule has 1 aliphatic heterocycles. The molecule has 1 aromatic heterocycles. The van der Waals surface area contributed by atoms with Gasteiger partial charge in [-0.25, -0.2) is 0 Å². The highest BCUT2D eigenvalue weighted by molar-refractivity contribution is 5.93. The smallest absolute Gasteiger partial charge is 0.274 e. The molecular formula is C23H26N4O. The summed E-state index contributed by atoms with van der Waals surface area (Å²) in [6.45, 7) is 6.25. The number of carbonyl (C=O) groups excluding carboxylic acids is 1. The van der Waals surface area contributed by atoms with Crippen molar-refractivity contribution in [2.24, 2.45) is 7.05 Å². The summed E-state index contributed by atoms with van der Waals surface area (Å²) in [5.74, 6) is 0.0216. The molecule has 1 saturated heterocycles. The molecule has 2 heterocycles. The monoisotopic (exact) mass is 374 g/mol. The fourth-order valence-corrected chi connectivity index (χ4v) is 3.68. The summed E-state index contributed by atoms with van der Waals surface area (Å²) in [6, 6.07) is 20.7. The maximum Gasteiger partial charge on any atom is 0.274 e. The van der Waals surface area contributed by atoms with Gasteiger partial charge in [-0.15, -0.1) is 0 Å². The molecule has 1 fully saturated rings. The molecule has 0 N–H and O–H groups in total. The summed E-state index contributed by atoms with van der Waals surface area (Å²) >= 11 is 0. The van der Waals surface area contributed by atoms with E-state index in [4.69, 9.17) is 0 Å². The summed E-state index contributed by atoms with van der Waals surface area (Å²) in [4.78, 5) is 17.3. The average molecular weight is 374 g/mol. The maximum absolute atomic E-state index is 12.9. The standard InChI is InChI=1S/C23H26N4O/c1-18-8-10-20(11-9-18)22-16-21(24-25(22)2)23(28)27-14-12-26(13-15-27)17-19-6-4-3-5-7-19/h3-11,16H,12-15,17H2,1-2H3. The van der Waals surface area contributed by atoms with Crippen LogP contribution in [0.2, 0.25) is 0 Å². The van der Waals surface area contributed by atoms with Gasteiger partial charge in [0.05, 0.1) is 5.69 Å². The molecule has 144 valence electrons. The van der Waals surface area contributed by atoms with Gasteiger partial charge in [0.2, 0.25) is 0 Å². The van der Waals surface area contributed by atoms with Gasteiger partial charge in [0.15, 0.2) is 5.69 Å². The Morgan fingerprint density at radius 2 is 1.64 bits per heavy atom. The first-order chi connectivity index (χ1) is 13.6. The van der Waals surface area contributed by atoms with Gasteiger partial charge >= 0.3 is 0 Å². The molecule has 0 unspecified atom stereocenters. The lowest BCUT2D eigenvalue weighted by molar-refractivity contribution is 0.0622. The average Bonchev–Trinajstić information content (AvgIpc) is 3.11. The zero-order chi connectivity index (χ0) is 19.5. The van der Waals surface area contributed by atoms with E-state index < -0.39 is 0 Å². The molecule has 0 spiro atoms. The van der Waals surface area contributed by atoms with Crippen molar-refractivity contribution < 1.29 is 4.79 Å². The Hall–Kier alpha value is -2.92. The van der Waals surface area contributed by atoms with Crippen LogP contribution in [0.5, 0.6) is 0 Å². The molecule has 0 bridgehead atoms. The number of hydrogen-bond acceptors (Lipinski definition) is 3. The topological polar surface area (TPSA) is 41.4 Å². The van der Waals surface area contributed by atoms with Crippen LogP contribution < -0.4 is 0 Å². The van der Waals surface area contributed by atoms with E-state index >= 15 is 0 Å².